The number of carbonyl (C=O) groups is 3. The number of para-hydroxylation sites is 1. The Bertz CT molecular complexity index is 848. The van der Waals surface area contributed by atoms with Crippen LogP contribution in [-0.2, 0) is 20.5 Å². The Balaban J connectivity index is 1.94. The van der Waals surface area contributed by atoms with Gasteiger partial charge in [0.05, 0.1) is 16.8 Å². The third-order valence-corrected chi connectivity index (χ3v) is 3.28. The Hall–Kier alpha value is -3.36. The number of anilines is 2. The predicted molar refractivity (Wildman–Crippen MR) is 91.1 cm³/mol. The molecule has 2 rings (SSSR count). The molecule has 0 aliphatic rings. The van der Waals surface area contributed by atoms with E-state index in [9.17, 15) is 27.6 Å². The number of hydrogen-bond donors (Lipinski definition) is 2. The van der Waals surface area contributed by atoms with Crippen molar-refractivity contribution in [3.8, 4) is 0 Å². The Morgan fingerprint density at radius 2 is 1.59 bits per heavy atom. The van der Waals surface area contributed by atoms with Gasteiger partial charge in [-0.3, -0.25) is 9.59 Å². The van der Waals surface area contributed by atoms with E-state index in [4.69, 9.17) is 4.74 Å². The maximum atomic E-state index is 12.9. The molecule has 0 saturated heterocycles. The molecule has 9 heteroatoms. The number of nitrogens with one attached hydrogen (secondary N) is 2. The van der Waals surface area contributed by atoms with Gasteiger partial charge in [0, 0.05) is 12.6 Å². The number of amides is 2. The van der Waals surface area contributed by atoms with E-state index in [1.165, 1.54) is 43.3 Å². The van der Waals surface area contributed by atoms with E-state index in [1.807, 2.05) is 0 Å². The first-order chi connectivity index (χ1) is 12.7. The molecule has 0 heterocycles. The lowest BCUT2D eigenvalue weighted by Crippen LogP contribution is -2.22. The fourth-order valence-electron chi connectivity index (χ4n) is 2.13. The van der Waals surface area contributed by atoms with Gasteiger partial charge in [-0.15, -0.1) is 0 Å². The highest BCUT2D eigenvalue weighted by atomic mass is 19.4. The van der Waals surface area contributed by atoms with Crippen LogP contribution in [-0.4, -0.2) is 24.4 Å². The highest BCUT2D eigenvalue weighted by Gasteiger charge is 2.33. The van der Waals surface area contributed by atoms with E-state index in [0.717, 1.165) is 12.1 Å². The molecule has 2 amide bonds. The van der Waals surface area contributed by atoms with Crippen LogP contribution in [0.25, 0.3) is 0 Å². The second kappa shape index (κ2) is 8.35. The average Bonchev–Trinajstić information content (AvgIpc) is 2.59. The maximum absolute atomic E-state index is 12.9. The fraction of sp³-hybridized carbons (Fsp3) is 0.167. The molecular formula is C18H15F3N2O4. The highest BCUT2D eigenvalue weighted by Crippen LogP contribution is 2.34. The van der Waals surface area contributed by atoms with E-state index in [1.54, 1.807) is 0 Å². The number of ether oxygens (including phenoxy) is 1. The molecule has 27 heavy (non-hydrogen) atoms. The minimum Gasteiger partial charge on any atom is -0.452 e. The summed E-state index contributed by atoms with van der Waals surface area (Å²) in [5.74, 6) is -2.01. The first-order valence-corrected chi connectivity index (χ1v) is 7.67. The quantitative estimate of drug-likeness (QED) is 0.778. The predicted octanol–water partition coefficient (Wildman–Crippen LogP) is 3.46. The summed E-state index contributed by atoms with van der Waals surface area (Å²) < 4.78 is 43.4. The van der Waals surface area contributed by atoms with E-state index < -0.39 is 35.9 Å². The molecule has 0 atom stereocenters. The van der Waals surface area contributed by atoms with Crippen LogP contribution in [0.3, 0.4) is 0 Å². The number of benzene rings is 2. The van der Waals surface area contributed by atoms with Crippen molar-refractivity contribution >= 4 is 29.2 Å². The third kappa shape index (κ3) is 5.84. The lowest BCUT2D eigenvalue weighted by molar-refractivity contribution is -0.137. The van der Waals surface area contributed by atoms with Crippen molar-refractivity contribution in [3.63, 3.8) is 0 Å². The van der Waals surface area contributed by atoms with Crippen LogP contribution < -0.4 is 10.6 Å². The number of halogens is 3. The molecule has 2 N–H and O–H groups in total. The molecule has 0 aliphatic heterocycles. The van der Waals surface area contributed by atoms with E-state index >= 15 is 0 Å². The molecular weight excluding hydrogens is 365 g/mol. The van der Waals surface area contributed by atoms with E-state index in [2.05, 4.69) is 10.6 Å². The minimum atomic E-state index is -4.63. The summed E-state index contributed by atoms with van der Waals surface area (Å²) in [6, 6.07) is 10.2. The van der Waals surface area contributed by atoms with Crippen LogP contribution >= 0.6 is 0 Å². The lowest BCUT2D eigenvalue weighted by atomic mass is 10.1. The van der Waals surface area contributed by atoms with E-state index in [-0.39, 0.29) is 11.5 Å². The van der Waals surface area contributed by atoms with Gasteiger partial charge in [-0.2, -0.15) is 13.2 Å². The first-order valence-electron chi connectivity index (χ1n) is 7.67. The molecule has 0 spiro atoms. The van der Waals surface area contributed by atoms with Gasteiger partial charge in [-0.25, -0.2) is 4.79 Å². The van der Waals surface area contributed by atoms with Crippen LogP contribution in [0.4, 0.5) is 24.5 Å². The van der Waals surface area contributed by atoms with Crippen molar-refractivity contribution in [2.24, 2.45) is 0 Å². The highest BCUT2D eigenvalue weighted by molar-refractivity contribution is 5.96. The Labute approximate surface area is 152 Å². The van der Waals surface area contributed by atoms with Crippen molar-refractivity contribution in [1.29, 1.82) is 0 Å². The fourth-order valence-corrected chi connectivity index (χ4v) is 2.13. The molecule has 0 aliphatic carbocycles. The van der Waals surface area contributed by atoms with Crippen LogP contribution in [0, 0.1) is 0 Å². The largest absolute Gasteiger partial charge is 0.452 e. The van der Waals surface area contributed by atoms with Gasteiger partial charge in [0.15, 0.2) is 6.61 Å². The summed E-state index contributed by atoms with van der Waals surface area (Å²) in [5, 5.41) is 4.59. The summed E-state index contributed by atoms with van der Waals surface area (Å²) in [6.07, 6.45) is -4.63. The van der Waals surface area contributed by atoms with Gasteiger partial charge in [0.1, 0.15) is 0 Å². The molecule has 6 nitrogen and oxygen atoms in total. The zero-order chi connectivity index (χ0) is 20.0. The standard InChI is InChI=1S/C18H15F3N2O4/c1-11(24)22-13-8-6-12(7-9-13)17(26)27-10-16(25)23-15-5-3-2-4-14(15)18(19,20)21/h2-9H,10H2,1H3,(H,22,24)(H,23,25). The minimum absolute atomic E-state index is 0.118. The summed E-state index contributed by atoms with van der Waals surface area (Å²) in [7, 11) is 0. The zero-order valence-corrected chi connectivity index (χ0v) is 14.1. The number of esters is 1. The third-order valence-electron chi connectivity index (χ3n) is 3.28. The van der Waals surface area contributed by atoms with Crippen LogP contribution in [0.2, 0.25) is 0 Å². The summed E-state index contributed by atoms with van der Waals surface area (Å²) in [4.78, 5) is 34.6. The second-order valence-corrected chi connectivity index (χ2v) is 5.43. The molecule has 0 bridgehead atoms. The SMILES string of the molecule is CC(=O)Nc1ccc(C(=O)OCC(=O)Nc2ccccc2C(F)(F)F)cc1. The molecule has 2 aromatic rings. The lowest BCUT2D eigenvalue weighted by Gasteiger charge is -2.13. The molecule has 0 saturated carbocycles. The Kier molecular flexibility index (Phi) is 6.17. The monoisotopic (exact) mass is 380 g/mol. The molecule has 0 fully saturated rings. The second-order valence-electron chi connectivity index (χ2n) is 5.43. The van der Waals surface area contributed by atoms with Crippen LogP contribution in [0.1, 0.15) is 22.8 Å². The summed E-state index contributed by atoms with van der Waals surface area (Å²) in [6.45, 7) is 0.580. The first kappa shape index (κ1) is 20.0. The normalized spacial score (nSPS) is 10.8. The Morgan fingerprint density at radius 3 is 2.19 bits per heavy atom. The topological polar surface area (TPSA) is 84.5 Å². The van der Waals surface area contributed by atoms with Gasteiger partial charge in [-0.05, 0) is 36.4 Å². The number of hydrogen-bond acceptors (Lipinski definition) is 4. The maximum Gasteiger partial charge on any atom is 0.418 e. The van der Waals surface area contributed by atoms with Crippen LogP contribution in [0.5, 0.6) is 0 Å². The molecule has 0 unspecified atom stereocenters. The van der Waals surface area contributed by atoms with Crippen molar-refractivity contribution in [2.45, 2.75) is 13.1 Å². The molecule has 0 radical (unpaired) electrons. The number of rotatable bonds is 5. The molecule has 0 aromatic heterocycles. The van der Waals surface area contributed by atoms with Crippen LogP contribution in [0.15, 0.2) is 48.5 Å². The number of alkyl halides is 3. The number of carbonyl (C=O) groups excluding carboxylic acids is 3. The van der Waals surface area contributed by atoms with E-state index in [0.29, 0.717) is 5.69 Å². The average molecular weight is 380 g/mol. The molecule has 2 aromatic carbocycles. The van der Waals surface area contributed by atoms with Gasteiger partial charge in [0.2, 0.25) is 5.91 Å². The molecule has 142 valence electrons. The summed E-state index contributed by atoms with van der Waals surface area (Å²) >= 11 is 0. The van der Waals surface area contributed by atoms with Gasteiger partial charge in [0.25, 0.3) is 5.91 Å². The van der Waals surface area contributed by atoms with Crippen molar-refractivity contribution in [3.05, 3.63) is 59.7 Å². The van der Waals surface area contributed by atoms with Crippen molar-refractivity contribution in [2.75, 3.05) is 17.2 Å². The Morgan fingerprint density at radius 1 is 0.963 bits per heavy atom. The van der Waals surface area contributed by atoms with Gasteiger partial charge >= 0.3 is 12.1 Å². The summed E-state index contributed by atoms with van der Waals surface area (Å²) in [5.41, 5.74) is -0.836. The van der Waals surface area contributed by atoms with Gasteiger partial charge < -0.3 is 15.4 Å². The van der Waals surface area contributed by atoms with Crippen molar-refractivity contribution in [1.82, 2.24) is 0 Å². The van der Waals surface area contributed by atoms with Crippen molar-refractivity contribution < 1.29 is 32.3 Å². The van der Waals surface area contributed by atoms with Gasteiger partial charge in [-0.1, -0.05) is 12.1 Å². The zero-order valence-electron chi connectivity index (χ0n) is 14.1. The smallest absolute Gasteiger partial charge is 0.418 e.